The van der Waals surface area contributed by atoms with Crippen molar-refractivity contribution in [1.29, 1.82) is 0 Å². The molecule has 0 aromatic carbocycles. The quantitative estimate of drug-likeness (QED) is 0.348. The van der Waals surface area contributed by atoms with E-state index in [1.54, 1.807) is 25.1 Å². The highest BCUT2D eigenvalue weighted by Crippen LogP contribution is 2.36. The van der Waals surface area contributed by atoms with Crippen LogP contribution in [-0.4, -0.2) is 76.5 Å². The molecule has 0 unspecified atom stereocenters. The van der Waals surface area contributed by atoms with Crippen molar-refractivity contribution in [1.82, 2.24) is 29.6 Å². The number of hydrogen-bond donors (Lipinski definition) is 1. The predicted octanol–water partition coefficient (Wildman–Crippen LogP) is 2.42. The molecule has 0 aliphatic heterocycles. The number of aryl methyl sites for hydroxylation is 1. The van der Waals surface area contributed by atoms with Crippen LogP contribution in [0.1, 0.15) is 49.5 Å². The van der Waals surface area contributed by atoms with Crippen molar-refractivity contribution in [2.24, 2.45) is 13.0 Å². The van der Waals surface area contributed by atoms with Gasteiger partial charge in [-0.05, 0) is 50.2 Å². The average Bonchev–Trinajstić information content (AvgIpc) is 3.85. The molecule has 0 saturated heterocycles. The number of pyridine rings is 1. The van der Waals surface area contributed by atoms with Gasteiger partial charge in [-0.2, -0.15) is 5.10 Å². The van der Waals surface area contributed by atoms with Crippen LogP contribution >= 0.6 is 0 Å². The van der Waals surface area contributed by atoms with Gasteiger partial charge in [0.15, 0.2) is 11.6 Å². The molecule has 1 N–H and O–H groups in total. The number of nitrogens with one attached hydrogen (secondary N) is 1. The summed E-state index contributed by atoms with van der Waals surface area (Å²) in [5, 5.41) is 4.55. The van der Waals surface area contributed by atoms with Crippen LogP contribution in [0.2, 0.25) is 0 Å². The number of aromatic nitrogens is 5. The molecule has 13 heteroatoms. The molecular formula is C25H32N8O4S. The third kappa shape index (κ3) is 5.02. The van der Waals surface area contributed by atoms with Gasteiger partial charge in [-0.25, -0.2) is 17.7 Å². The molecule has 2 fully saturated rings. The van der Waals surface area contributed by atoms with Gasteiger partial charge in [0, 0.05) is 51.7 Å². The fourth-order valence-electron chi connectivity index (χ4n) is 4.39. The summed E-state index contributed by atoms with van der Waals surface area (Å²) in [6.07, 6.45) is 8.07. The van der Waals surface area contributed by atoms with Crippen LogP contribution in [0, 0.1) is 5.92 Å². The van der Waals surface area contributed by atoms with Crippen molar-refractivity contribution in [3.8, 4) is 11.5 Å². The van der Waals surface area contributed by atoms with E-state index in [0.717, 1.165) is 25.7 Å². The zero-order valence-electron chi connectivity index (χ0n) is 21.7. The fourth-order valence-corrected chi connectivity index (χ4v) is 5.93. The molecule has 2 aliphatic carbocycles. The molecule has 0 radical (unpaired) electrons. The van der Waals surface area contributed by atoms with Crippen LogP contribution in [-0.2, 0) is 21.9 Å². The molecule has 0 atom stereocenters. The molecule has 3 aromatic heterocycles. The Morgan fingerprint density at radius 3 is 2.53 bits per heavy atom. The minimum atomic E-state index is -3.87. The summed E-state index contributed by atoms with van der Waals surface area (Å²) < 4.78 is 30.1. The summed E-state index contributed by atoms with van der Waals surface area (Å²) in [5.41, 5.74) is 0.575. The largest absolute Gasteiger partial charge is 0.337 e. The Morgan fingerprint density at radius 2 is 1.92 bits per heavy atom. The van der Waals surface area contributed by atoms with Crippen LogP contribution < -0.4 is 9.21 Å². The van der Waals surface area contributed by atoms with Gasteiger partial charge in [-0.3, -0.25) is 24.2 Å². The number of anilines is 2. The van der Waals surface area contributed by atoms with Crippen molar-refractivity contribution in [2.75, 3.05) is 29.3 Å². The maximum atomic E-state index is 13.6. The molecule has 38 heavy (non-hydrogen) atoms. The van der Waals surface area contributed by atoms with E-state index in [4.69, 9.17) is 0 Å². The summed E-state index contributed by atoms with van der Waals surface area (Å²) in [4.78, 5) is 40.0. The van der Waals surface area contributed by atoms with Gasteiger partial charge < -0.3 is 9.88 Å². The third-order valence-corrected chi connectivity index (χ3v) is 8.67. The summed E-state index contributed by atoms with van der Waals surface area (Å²) in [6, 6.07) is 4.77. The van der Waals surface area contributed by atoms with E-state index in [2.05, 4.69) is 20.1 Å². The molecular weight excluding hydrogens is 508 g/mol. The zero-order valence-corrected chi connectivity index (χ0v) is 22.6. The first-order chi connectivity index (χ1) is 18.2. The standard InChI is InChI=1S/C25H32N8O4S/c1-4-13-32(16-34)24-22(25(35)30(2)18-7-8-18)27-23(28-24)20-14-21(31(3)29-20)33(15-17-5-6-17)38(36,37)19-9-11-26-12-10-19/h9-12,14,16-18H,4-8,13,15H2,1-3H3,(H,27,28). The highest BCUT2D eigenvalue weighted by atomic mass is 32.2. The van der Waals surface area contributed by atoms with Crippen LogP contribution in [0.15, 0.2) is 35.5 Å². The molecule has 2 aliphatic rings. The number of rotatable bonds is 12. The maximum absolute atomic E-state index is 13.6. The minimum absolute atomic E-state index is 0.147. The van der Waals surface area contributed by atoms with Crippen molar-refractivity contribution < 1.29 is 18.0 Å². The Labute approximate surface area is 221 Å². The highest BCUT2D eigenvalue weighted by Gasteiger charge is 2.36. The molecule has 12 nitrogen and oxygen atoms in total. The maximum Gasteiger partial charge on any atom is 0.274 e. The van der Waals surface area contributed by atoms with Crippen LogP contribution in [0.5, 0.6) is 0 Å². The monoisotopic (exact) mass is 540 g/mol. The Bertz CT molecular complexity index is 1430. The molecule has 202 valence electrons. The molecule has 0 spiro atoms. The first-order valence-corrected chi connectivity index (χ1v) is 14.2. The minimum Gasteiger partial charge on any atom is -0.337 e. The van der Waals surface area contributed by atoms with E-state index >= 15 is 0 Å². The van der Waals surface area contributed by atoms with Gasteiger partial charge in [0.25, 0.3) is 15.9 Å². The zero-order chi connectivity index (χ0) is 27.0. The lowest BCUT2D eigenvalue weighted by molar-refractivity contribution is -0.107. The van der Waals surface area contributed by atoms with E-state index in [-0.39, 0.29) is 40.1 Å². The number of carbonyl (C=O) groups excluding carboxylic acids is 2. The Morgan fingerprint density at radius 1 is 1.21 bits per heavy atom. The Hall–Kier alpha value is -3.74. The van der Waals surface area contributed by atoms with Gasteiger partial charge in [-0.15, -0.1) is 0 Å². The first-order valence-electron chi connectivity index (χ1n) is 12.8. The number of aromatic amines is 1. The summed E-state index contributed by atoms with van der Waals surface area (Å²) in [5.74, 6) is 0.921. The molecule has 3 aromatic rings. The normalized spacial score (nSPS) is 15.3. The van der Waals surface area contributed by atoms with Crippen LogP contribution in [0.3, 0.4) is 0 Å². The SMILES string of the molecule is CCCN(C=O)c1nc(-c2cc(N(CC3CC3)S(=O)(=O)c3ccncc3)n(C)n2)[nH]c1C(=O)N(C)C1CC1. The van der Waals surface area contributed by atoms with Crippen LogP contribution in [0.25, 0.3) is 11.5 Å². The molecule has 5 rings (SSSR count). The van der Waals surface area contributed by atoms with Crippen molar-refractivity contribution in [3.05, 3.63) is 36.3 Å². The lowest BCUT2D eigenvalue weighted by atomic mass is 10.3. The predicted molar refractivity (Wildman–Crippen MR) is 141 cm³/mol. The second kappa shape index (κ2) is 10.2. The van der Waals surface area contributed by atoms with Crippen molar-refractivity contribution in [3.63, 3.8) is 0 Å². The molecule has 0 bridgehead atoms. The van der Waals surface area contributed by atoms with Gasteiger partial charge in [-0.1, -0.05) is 6.92 Å². The smallest absolute Gasteiger partial charge is 0.274 e. The van der Waals surface area contributed by atoms with E-state index < -0.39 is 10.0 Å². The number of imidazole rings is 1. The summed E-state index contributed by atoms with van der Waals surface area (Å²) in [7, 11) is -0.452. The molecule has 2 amide bonds. The van der Waals surface area contributed by atoms with Gasteiger partial charge in [0.2, 0.25) is 6.41 Å². The number of sulfonamides is 1. The second-order valence-electron chi connectivity index (χ2n) is 9.90. The summed E-state index contributed by atoms with van der Waals surface area (Å²) >= 11 is 0. The number of H-pyrrole nitrogens is 1. The van der Waals surface area contributed by atoms with E-state index in [1.165, 1.54) is 38.4 Å². The van der Waals surface area contributed by atoms with E-state index in [0.29, 0.717) is 37.4 Å². The van der Waals surface area contributed by atoms with Gasteiger partial charge >= 0.3 is 0 Å². The number of nitrogens with zero attached hydrogens (tertiary/aromatic N) is 7. The second-order valence-corrected chi connectivity index (χ2v) is 11.8. The lowest BCUT2D eigenvalue weighted by Gasteiger charge is -2.24. The van der Waals surface area contributed by atoms with E-state index in [9.17, 15) is 18.0 Å². The molecule has 2 saturated carbocycles. The Balaban J connectivity index is 1.55. The Kier molecular flexibility index (Phi) is 6.95. The van der Waals surface area contributed by atoms with Crippen LogP contribution in [0.4, 0.5) is 11.6 Å². The summed E-state index contributed by atoms with van der Waals surface area (Å²) in [6.45, 7) is 2.66. The van der Waals surface area contributed by atoms with Gasteiger partial charge in [0.05, 0.1) is 4.90 Å². The number of carbonyl (C=O) groups is 2. The molecule has 3 heterocycles. The van der Waals surface area contributed by atoms with Gasteiger partial charge in [0.1, 0.15) is 17.2 Å². The van der Waals surface area contributed by atoms with Crippen molar-refractivity contribution in [2.45, 2.75) is 50.0 Å². The third-order valence-electron chi connectivity index (χ3n) is 6.89. The fraction of sp³-hybridized carbons (Fsp3) is 0.480. The first kappa shape index (κ1) is 25.9. The number of hydrogen-bond acceptors (Lipinski definition) is 7. The highest BCUT2D eigenvalue weighted by molar-refractivity contribution is 7.92. The van der Waals surface area contributed by atoms with E-state index in [1.807, 2.05) is 6.92 Å². The van der Waals surface area contributed by atoms with Crippen molar-refractivity contribution >= 4 is 34.0 Å². The average molecular weight is 541 g/mol. The lowest BCUT2D eigenvalue weighted by Crippen LogP contribution is -2.34. The number of amides is 2. The topological polar surface area (TPSA) is 137 Å².